The van der Waals surface area contributed by atoms with Crippen LogP contribution in [0.25, 0.3) is 11.4 Å². The second-order valence-corrected chi connectivity index (χ2v) is 4.49. The summed E-state index contributed by atoms with van der Waals surface area (Å²) in [5.74, 6) is 1.08. The molecule has 0 aliphatic rings. The maximum absolute atomic E-state index is 11.7. The molecule has 3 aromatic heterocycles. The van der Waals surface area contributed by atoms with Crippen LogP contribution in [0, 0.1) is 0 Å². The number of amides is 1. The topological polar surface area (TPSA) is 103 Å². The van der Waals surface area contributed by atoms with Gasteiger partial charge in [-0.1, -0.05) is 5.16 Å². The van der Waals surface area contributed by atoms with Crippen molar-refractivity contribution >= 4 is 5.91 Å². The monoisotopic (exact) mass is 314 g/mol. The first kappa shape index (κ1) is 14.8. The third-order valence-electron chi connectivity index (χ3n) is 2.90. The van der Waals surface area contributed by atoms with Gasteiger partial charge < -0.3 is 19.0 Å². The van der Waals surface area contributed by atoms with E-state index in [1.165, 1.54) is 6.26 Å². The molecule has 1 amide bonds. The largest absolute Gasteiger partial charge is 0.478 e. The van der Waals surface area contributed by atoms with Gasteiger partial charge in [-0.15, -0.1) is 0 Å². The molecule has 8 heteroatoms. The molecule has 8 nitrogen and oxygen atoms in total. The van der Waals surface area contributed by atoms with Gasteiger partial charge in [0.2, 0.25) is 17.6 Å². The van der Waals surface area contributed by atoms with Crippen LogP contribution in [-0.4, -0.2) is 27.6 Å². The summed E-state index contributed by atoms with van der Waals surface area (Å²) in [6, 6.07) is 6.72. The lowest BCUT2D eigenvalue weighted by Crippen LogP contribution is -2.22. The summed E-state index contributed by atoms with van der Waals surface area (Å²) in [5, 5.41) is 6.49. The smallest absolute Gasteiger partial charge is 0.287 e. The number of nitrogens with one attached hydrogen (secondary N) is 1. The quantitative estimate of drug-likeness (QED) is 0.742. The first-order chi connectivity index (χ1) is 11.3. The van der Waals surface area contributed by atoms with Crippen LogP contribution >= 0.6 is 0 Å². The molecule has 0 radical (unpaired) electrons. The number of hydrogen-bond donors (Lipinski definition) is 1. The minimum atomic E-state index is -0.350. The van der Waals surface area contributed by atoms with Crippen LogP contribution in [0.5, 0.6) is 5.88 Å². The van der Waals surface area contributed by atoms with Gasteiger partial charge in [0.25, 0.3) is 5.91 Å². The van der Waals surface area contributed by atoms with E-state index in [9.17, 15) is 4.79 Å². The number of pyridine rings is 1. The number of carbonyl (C=O) groups is 1. The van der Waals surface area contributed by atoms with E-state index in [-0.39, 0.29) is 24.1 Å². The van der Waals surface area contributed by atoms with Gasteiger partial charge in [-0.05, 0) is 25.1 Å². The Hall–Kier alpha value is -3.16. The summed E-state index contributed by atoms with van der Waals surface area (Å²) < 4.78 is 15.4. The third kappa shape index (κ3) is 3.54. The molecule has 0 unspecified atom stereocenters. The summed E-state index contributed by atoms with van der Waals surface area (Å²) in [6.07, 6.45) is 3.03. The van der Waals surface area contributed by atoms with Crippen LogP contribution in [0.4, 0.5) is 0 Å². The average molecular weight is 314 g/mol. The lowest BCUT2D eigenvalue weighted by molar-refractivity contribution is 0.0918. The zero-order chi connectivity index (χ0) is 16.1. The fourth-order valence-electron chi connectivity index (χ4n) is 1.84. The predicted molar refractivity (Wildman–Crippen MR) is 78.6 cm³/mol. The highest BCUT2D eigenvalue weighted by atomic mass is 16.5. The standard InChI is InChI=1S/C15H14N4O4/c1-2-21-12-6-5-10(8-16-12)14-18-13(23-19-14)9-17-15(20)11-4-3-7-22-11/h3-8H,2,9H2,1H3,(H,17,20). The lowest BCUT2D eigenvalue weighted by atomic mass is 10.3. The van der Waals surface area contributed by atoms with Crippen molar-refractivity contribution in [3.8, 4) is 17.3 Å². The second kappa shape index (κ2) is 6.73. The van der Waals surface area contributed by atoms with Crippen LogP contribution in [0.1, 0.15) is 23.4 Å². The fourth-order valence-corrected chi connectivity index (χ4v) is 1.84. The van der Waals surface area contributed by atoms with Gasteiger partial charge in [0.15, 0.2) is 5.76 Å². The fraction of sp³-hybridized carbons (Fsp3) is 0.200. The summed E-state index contributed by atoms with van der Waals surface area (Å²) in [5.41, 5.74) is 0.695. The number of aromatic nitrogens is 3. The molecule has 3 rings (SSSR count). The zero-order valence-corrected chi connectivity index (χ0v) is 12.4. The van der Waals surface area contributed by atoms with Crippen molar-refractivity contribution in [2.75, 3.05) is 6.61 Å². The first-order valence-electron chi connectivity index (χ1n) is 6.99. The molecule has 3 heterocycles. The Morgan fingerprint density at radius 1 is 1.35 bits per heavy atom. The molecule has 0 aliphatic heterocycles. The van der Waals surface area contributed by atoms with Crippen molar-refractivity contribution < 1.29 is 18.5 Å². The number of hydrogen-bond acceptors (Lipinski definition) is 7. The molecular weight excluding hydrogens is 300 g/mol. The van der Waals surface area contributed by atoms with Gasteiger partial charge in [-0.2, -0.15) is 4.98 Å². The van der Waals surface area contributed by atoms with E-state index in [1.807, 2.05) is 6.92 Å². The molecule has 0 bridgehead atoms. The van der Waals surface area contributed by atoms with Crippen LogP contribution < -0.4 is 10.1 Å². The molecule has 23 heavy (non-hydrogen) atoms. The van der Waals surface area contributed by atoms with Crippen molar-refractivity contribution in [2.45, 2.75) is 13.5 Å². The maximum Gasteiger partial charge on any atom is 0.287 e. The number of ether oxygens (including phenoxy) is 1. The number of furan rings is 1. The Morgan fingerprint density at radius 3 is 2.96 bits per heavy atom. The molecule has 118 valence electrons. The van der Waals surface area contributed by atoms with E-state index < -0.39 is 0 Å². The van der Waals surface area contributed by atoms with Crippen molar-refractivity contribution in [2.24, 2.45) is 0 Å². The molecule has 3 aromatic rings. The highest BCUT2D eigenvalue weighted by Crippen LogP contribution is 2.17. The van der Waals surface area contributed by atoms with Crippen LogP contribution in [0.15, 0.2) is 45.7 Å². The Morgan fingerprint density at radius 2 is 2.26 bits per heavy atom. The van der Waals surface area contributed by atoms with Gasteiger partial charge in [-0.25, -0.2) is 4.98 Å². The molecule has 0 aliphatic carbocycles. The minimum absolute atomic E-state index is 0.108. The normalized spacial score (nSPS) is 10.5. The Kier molecular flexibility index (Phi) is 4.32. The van der Waals surface area contributed by atoms with Gasteiger partial charge in [0.1, 0.15) is 0 Å². The number of nitrogens with zero attached hydrogens (tertiary/aromatic N) is 3. The minimum Gasteiger partial charge on any atom is -0.478 e. The molecule has 0 aromatic carbocycles. The van der Waals surface area contributed by atoms with Crippen molar-refractivity contribution in [1.82, 2.24) is 20.4 Å². The average Bonchev–Trinajstić information content (AvgIpc) is 3.25. The summed E-state index contributed by atoms with van der Waals surface area (Å²) >= 11 is 0. The van der Waals surface area contributed by atoms with Crippen molar-refractivity contribution in [1.29, 1.82) is 0 Å². The molecule has 0 fully saturated rings. The van der Waals surface area contributed by atoms with E-state index in [0.717, 1.165) is 0 Å². The second-order valence-electron chi connectivity index (χ2n) is 4.49. The Bertz CT molecular complexity index is 765. The maximum atomic E-state index is 11.7. The summed E-state index contributed by atoms with van der Waals surface area (Å²) in [4.78, 5) is 20.1. The predicted octanol–water partition coefficient (Wildman–Crippen LogP) is 2.05. The molecule has 0 spiro atoms. The van der Waals surface area contributed by atoms with Crippen LogP contribution in [0.3, 0.4) is 0 Å². The SMILES string of the molecule is CCOc1ccc(-c2noc(CNC(=O)c3ccco3)n2)cn1. The Balaban J connectivity index is 1.62. The van der Waals surface area contributed by atoms with Gasteiger partial charge in [0, 0.05) is 17.8 Å². The van der Waals surface area contributed by atoms with Gasteiger partial charge in [0.05, 0.1) is 19.4 Å². The van der Waals surface area contributed by atoms with E-state index in [4.69, 9.17) is 13.7 Å². The summed E-state index contributed by atoms with van der Waals surface area (Å²) in [7, 11) is 0. The molecule has 0 saturated carbocycles. The molecule has 0 atom stereocenters. The van der Waals surface area contributed by atoms with E-state index in [2.05, 4.69) is 20.4 Å². The number of carbonyl (C=O) groups excluding carboxylic acids is 1. The highest BCUT2D eigenvalue weighted by Gasteiger charge is 2.12. The Labute approximate surface area is 131 Å². The van der Waals surface area contributed by atoms with Crippen molar-refractivity contribution in [3.63, 3.8) is 0 Å². The van der Waals surface area contributed by atoms with E-state index in [0.29, 0.717) is 23.9 Å². The molecule has 1 N–H and O–H groups in total. The van der Waals surface area contributed by atoms with E-state index in [1.54, 1.807) is 30.5 Å². The van der Waals surface area contributed by atoms with E-state index >= 15 is 0 Å². The van der Waals surface area contributed by atoms with Crippen LogP contribution in [0.2, 0.25) is 0 Å². The third-order valence-corrected chi connectivity index (χ3v) is 2.90. The van der Waals surface area contributed by atoms with Crippen molar-refractivity contribution in [3.05, 3.63) is 48.4 Å². The molecule has 0 saturated heterocycles. The highest BCUT2D eigenvalue weighted by molar-refractivity contribution is 5.91. The van der Waals surface area contributed by atoms with Gasteiger partial charge in [-0.3, -0.25) is 4.79 Å². The lowest BCUT2D eigenvalue weighted by Gasteiger charge is -2.00. The molecular formula is C15H14N4O4. The van der Waals surface area contributed by atoms with Crippen LogP contribution in [-0.2, 0) is 6.54 Å². The number of rotatable bonds is 6. The van der Waals surface area contributed by atoms with Gasteiger partial charge >= 0.3 is 0 Å². The summed E-state index contributed by atoms with van der Waals surface area (Å²) in [6.45, 7) is 2.54. The zero-order valence-electron chi connectivity index (χ0n) is 12.4. The first-order valence-corrected chi connectivity index (χ1v) is 6.99.